The molecule has 1 aliphatic heterocycles. The molecule has 0 aromatic heterocycles. The second kappa shape index (κ2) is 2.81. The van der Waals surface area contributed by atoms with Crippen LogP contribution in [0.2, 0.25) is 0 Å². The third-order valence-electron chi connectivity index (χ3n) is 2.24. The number of fused-ring (bicyclic) bond motifs is 1. The maximum atomic E-state index is 11.7. The first kappa shape index (κ1) is 9.21. The summed E-state index contributed by atoms with van der Waals surface area (Å²) in [7, 11) is -3.39. The Morgan fingerprint density at radius 3 is 2.64 bits per heavy atom. The van der Waals surface area contributed by atoms with Crippen molar-refractivity contribution in [1.82, 2.24) is 5.32 Å². The molecule has 0 radical (unpaired) electrons. The predicted molar refractivity (Wildman–Crippen MR) is 50.6 cm³/mol. The molecule has 14 heavy (non-hydrogen) atoms. The second-order valence-corrected chi connectivity index (χ2v) is 5.39. The highest BCUT2D eigenvalue weighted by Gasteiger charge is 2.34. The number of rotatable bonds is 0. The number of hydrogen-bond donors (Lipinski definition) is 1. The van der Waals surface area contributed by atoms with Gasteiger partial charge in [0.25, 0.3) is 5.91 Å². The van der Waals surface area contributed by atoms with E-state index in [4.69, 9.17) is 0 Å². The average Bonchev–Trinajstić information content (AvgIpc) is 2.16. The van der Waals surface area contributed by atoms with Crippen molar-refractivity contribution in [3.8, 4) is 0 Å². The zero-order chi connectivity index (χ0) is 10.3. The third-order valence-corrected chi connectivity index (χ3v) is 4.26. The van der Waals surface area contributed by atoms with E-state index >= 15 is 0 Å². The molecule has 5 heteroatoms. The zero-order valence-electron chi connectivity index (χ0n) is 7.52. The van der Waals surface area contributed by atoms with Gasteiger partial charge in [-0.05, 0) is 19.1 Å². The maximum Gasteiger partial charge on any atom is 0.253 e. The van der Waals surface area contributed by atoms with Crippen LogP contribution in [0.25, 0.3) is 0 Å². The first-order chi connectivity index (χ1) is 6.53. The van der Waals surface area contributed by atoms with Crippen LogP contribution in [0, 0.1) is 0 Å². The number of hydrogen-bond acceptors (Lipinski definition) is 3. The minimum atomic E-state index is -3.39. The highest BCUT2D eigenvalue weighted by atomic mass is 32.2. The quantitative estimate of drug-likeness (QED) is 0.681. The van der Waals surface area contributed by atoms with Crippen LogP contribution in [0.1, 0.15) is 17.3 Å². The van der Waals surface area contributed by atoms with E-state index in [9.17, 15) is 13.2 Å². The molecule has 2 rings (SSSR count). The molecule has 0 fully saturated rings. The Morgan fingerprint density at radius 1 is 1.29 bits per heavy atom. The van der Waals surface area contributed by atoms with Crippen LogP contribution < -0.4 is 5.32 Å². The molecule has 1 aromatic rings. The molecule has 1 amide bonds. The minimum Gasteiger partial charge on any atom is -0.335 e. The fourth-order valence-corrected chi connectivity index (χ4v) is 2.81. The summed E-state index contributed by atoms with van der Waals surface area (Å²) in [4.78, 5) is 11.5. The first-order valence-electron chi connectivity index (χ1n) is 4.17. The van der Waals surface area contributed by atoms with Crippen LogP contribution >= 0.6 is 0 Å². The molecule has 0 saturated heterocycles. The Balaban J connectivity index is 2.76. The lowest BCUT2D eigenvalue weighted by atomic mass is 10.2. The molecule has 1 unspecified atom stereocenters. The molecule has 0 spiro atoms. The summed E-state index contributed by atoms with van der Waals surface area (Å²) in [5.74, 6) is -0.331. The third kappa shape index (κ3) is 1.13. The molecule has 0 saturated carbocycles. The van der Waals surface area contributed by atoms with Crippen molar-refractivity contribution < 1.29 is 13.2 Å². The summed E-state index contributed by atoms with van der Waals surface area (Å²) in [6.07, 6.45) is 0. The Bertz CT molecular complexity index is 493. The monoisotopic (exact) mass is 211 g/mol. The van der Waals surface area contributed by atoms with Crippen LogP contribution in [0.5, 0.6) is 0 Å². The van der Waals surface area contributed by atoms with Crippen LogP contribution in [-0.4, -0.2) is 19.7 Å². The molecule has 1 aromatic carbocycles. The van der Waals surface area contributed by atoms with Crippen molar-refractivity contribution in [3.63, 3.8) is 0 Å². The number of benzene rings is 1. The number of carbonyl (C=O) groups excluding carboxylic acids is 1. The van der Waals surface area contributed by atoms with Gasteiger partial charge in [-0.3, -0.25) is 4.79 Å². The fourth-order valence-electron chi connectivity index (χ4n) is 1.43. The lowest BCUT2D eigenvalue weighted by molar-refractivity contribution is 0.0942. The molecule has 0 aliphatic carbocycles. The highest BCUT2D eigenvalue weighted by Crippen LogP contribution is 2.23. The van der Waals surface area contributed by atoms with E-state index < -0.39 is 15.2 Å². The van der Waals surface area contributed by atoms with E-state index in [1.807, 2.05) is 0 Å². The van der Waals surface area contributed by atoms with Crippen molar-refractivity contribution in [2.24, 2.45) is 0 Å². The lowest BCUT2D eigenvalue weighted by Crippen LogP contribution is -2.43. The second-order valence-electron chi connectivity index (χ2n) is 3.16. The van der Waals surface area contributed by atoms with Gasteiger partial charge in [-0.25, -0.2) is 8.42 Å². The molecule has 1 N–H and O–H groups in total. The molecule has 1 heterocycles. The van der Waals surface area contributed by atoms with Crippen molar-refractivity contribution in [1.29, 1.82) is 0 Å². The minimum absolute atomic E-state index is 0.122. The average molecular weight is 211 g/mol. The number of carbonyl (C=O) groups is 1. The molecular formula is C9H9NO3S. The summed E-state index contributed by atoms with van der Waals surface area (Å²) in [6.45, 7) is 1.46. The summed E-state index contributed by atoms with van der Waals surface area (Å²) >= 11 is 0. The van der Waals surface area contributed by atoms with Crippen LogP contribution in [0.15, 0.2) is 29.2 Å². The predicted octanol–water partition coefficient (Wildman–Crippen LogP) is 0.550. The number of sulfone groups is 1. The highest BCUT2D eigenvalue weighted by molar-refractivity contribution is 7.92. The summed E-state index contributed by atoms with van der Waals surface area (Å²) in [5, 5.41) is 1.56. The van der Waals surface area contributed by atoms with Crippen molar-refractivity contribution >= 4 is 15.7 Å². The number of nitrogens with one attached hydrogen (secondary N) is 1. The zero-order valence-corrected chi connectivity index (χ0v) is 8.34. The van der Waals surface area contributed by atoms with E-state index in [0.29, 0.717) is 0 Å². The molecule has 1 aliphatic rings. The van der Waals surface area contributed by atoms with E-state index in [1.165, 1.54) is 19.1 Å². The molecule has 74 valence electrons. The van der Waals surface area contributed by atoms with Gasteiger partial charge in [-0.15, -0.1) is 0 Å². The van der Waals surface area contributed by atoms with Gasteiger partial charge in [-0.1, -0.05) is 12.1 Å². The van der Waals surface area contributed by atoms with Gasteiger partial charge in [0, 0.05) is 0 Å². The van der Waals surface area contributed by atoms with E-state index in [0.717, 1.165) is 0 Å². The number of amides is 1. The standard InChI is InChI=1S/C9H9NO3S/c1-6-10-9(11)7-4-2-3-5-8(7)14(6,12)13/h2-6H,1H3,(H,10,11). The van der Waals surface area contributed by atoms with Gasteiger partial charge in [-0.2, -0.15) is 0 Å². The van der Waals surface area contributed by atoms with Crippen LogP contribution in [0.4, 0.5) is 0 Å². The van der Waals surface area contributed by atoms with Crippen LogP contribution in [-0.2, 0) is 9.84 Å². The molecule has 4 nitrogen and oxygen atoms in total. The van der Waals surface area contributed by atoms with Gasteiger partial charge in [0.05, 0.1) is 10.5 Å². The Labute approximate surface area is 81.9 Å². The van der Waals surface area contributed by atoms with Crippen molar-refractivity contribution in [3.05, 3.63) is 29.8 Å². The normalized spacial score (nSPS) is 23.8. The Morgan fingerprint density at radius 2 is 1.93 bits per heavy atom. The topological polar surface area (TPSA) is 63.2 Å². The van der Waals surface area contributed by atoms with E-state index in [1.54, 1.807) is 12.1 Å². The van der Waals surface area contributed by atoms with E-state index in [-0.39, 0.29) is 16.4 Å². The molecule has 1 atom stereocenters. The summed E-state index contributed by atoms with van der Waals surface area (Å²) < 4.78 is 23.5. The van der Waals surface area contributed by atoms with Gasteiger partial charge in [0.2, 0.25) is 0 Å². The van der Waals surface area contributed by atoms with Gasteiger partial charge in [0.15, 0.2) is 9.84 Å². The molecule has 0 bridgehead atoms. The Kier molecular flexibility index (Phi) is 1.85. The van der Waals surface area contributed by atoms with Gasteiger partial charge < -0.3 is 5.32 Å². The summed E-state index contributed by atoms with van der Waals surface area (Å²) in [6, 6.07) is 6.22. The van der Waals surface area contributed by atoms with Gasteiger partial charge >= 0.3 is 0 Å². The van der Waals surface area contributed by atoms with Crippen molar-refractivity contribution in [2.45, 2.75) is 17.2 Å². The lowest BCUT2D eigenvalue weighted by Gasteiger charge is -2.22. The smallest absolute Gasteiger partial charge is 0.253 e. The van der Waals surface area contributed by atoms with Gasteiger partial charge in [0.1, 0.15) is 5.37 Å². The fraction of sp³-hybridized carbons (Fsp3) is 0.222. The first-order valence-corrected chi connectivity index (χ1v) is 5.72. The largest absolute Gasteiger partial charge is 0.335 e. The SMILES string of the molecule is CC1NC(=O)c2ccccc2S1(=O)=O. The van der Waals surface area contributed by atoms with E-state index in [2.05, 4.69) is 5.32 Å². The maximum absolute atomic E-state index is 11.7. The van der Waals surface area contributed by atoms with Crippen LogP contribution in [0.3, 0.4) is 0 Å². The molecular weight excluding hydrogens is 202 g/mol. The Hall–Kier alpha value is -1.36. The van der Waals surface area contributed by atoms with Crippen molar-refractivity contribution in [2.75, 3.05) is 0 Å². The summed E-state index contributed by atoms with van der Waals surface area (Å²) in [5.41, 5.74) is 0.227.